The summed E-state index contributed by atoms with van der Waals surface area (Å²) < 4.78 is 27.9. The first-order chi connectivity index (χ1) is 10.4. The van der Waals surface area contributed by atoms with Gasteiger partial charge in [0.15, 0.2) is 10.9 Å². The zero-order valence-electron chi connectivity index (χ0n) is 11.3. The fraction of sp³-hybridized carbons (Fsp3) is 0.385. The third-order valence-corrected chi connectivity index (χ3v) is 4.32. The Labute approximate surface area is 129 Å². The van der Waals surface area contributed by atoms with Crippen molar-refractivity contribution in [1.29, 1.82) is 0 Å². The van der Waals surface area contributed by atoms with E-state index in [1.54, 1.807) is 4.90 Å². The van der Waals surface area contributed by atoms with E-state index in [1.807, 2.05) is 0 Å². The molecule has 0 radical (unpaired) electrons. The van der Waals surface area contributed by atoms with E-state index in [4.69, 9.17) is 12.2 Å². The number of benzene rings is 1. The van der Waals surface area contributed by atoms with Gasteiger partial charge < -0.3 is 4.90 Å². The number of carbonyl (C=O) groups is 1. The molecule has 0 spiro atoms. The Balaban J connectivity index is 2.04. The number of carbonyl (C=O) groups excluding carboxylic acids is 1. The van der Waals surface area contributed by atoms with E-state index in [1.165, 1.54) is 0 Å². The lowest BCUT2D eigenvalue weighted by Crippen LogP contribution is -2.38. The van der Waals surface area contributed by atoms with Gasteiger partial charge >= 0.3 is 5.69 Å². The summed E-state index contributed by atoms with van der Waals surface area (Å²) in [7, 11) is 0. The van der Waals surface area contributed by atoms with E-state index in [0.717, 1.165) is 17.7 Å². The van der Waals surface area contributed by atoms with E-state index < -0.39 is 34.2 Å². The Morgan fingerprint density at radius 1 is 1.27 bits per heavy atom. The van der Waals surface area contributed by atoms with Crippen LogP contribution < -0.4 is 4.90 Å². The number of rotatable bonds is 2. The standard InChI is InChI=1S/C13H11F2N3O3S/c14-7-6-11(18(20)21)8(15)5-10(7)17-12(19)9-3-1-2-4-16(9)13(17)22/h5-6,9H,1-4H2. The average molecular weight is 327 g/mol. The quantitative estimate of drug-likeness (QED) is 0.474. The number of amides is 1. The first-order valence-electron chi connectivity index (χ1n) is 6.70. The van der Waals surface area contributed by atoms with Gasteiger partial charge in [-0.1, -0.05) is 0 Å². The molecule has 2 fully saturated rings. The number of nitro groups is 1. The summed E-state index contributed by atoms with van der Waals surface area (Å²) in [6.07, 6.45) is 2.34. The Bertz CT molecular complexity index is 673. The molecule has 9 heteroatoms. The lowest BCUT2D eigenvalue weighted by atomic mass is 10.0. The summed E-state index contributed by atoms with van der Waals surface area (Å²) in [6.45, 7) is 0.586. The lowest BCUT2D eigenvalue weighted by Gasteiger charge is -2.27. The number of thiocarbonyl (C=S) groups is 1. The van der Waals surface area contributed by atoms with Crippen molar-refractivity contribution >= 4 is 34.6 Å². The predicted molar refractivity (Wildman–Crippen MR) is 77.4 cm³/mol. The van der Waals surface area contributed by atoms with Crippen LogP contribution in [0, 0.1) is 21.7 Å². The van der Waals surface area contributed by atoms with Crippen molar-refractivity contribution in [1.82, 2.24) is 4.90 Å². The van der Waals surface area contributed by atoms with Crippen LogP contribution in [-0.2, 0) is 4.79 Å². The topological polar surface area (TPSA) is 66.7 Å². The van der Waals surface area contributed by atoms with Gasteiger partial charge in [0.2, 0.25) is 5.82 Å². The number of nitro benzene ring substituents is 1. The van der Waals surface area contributed by atoms with Gasteiger partial charge in [-0.05, 0) is 31.5 Å². The predicted octanol–water partition coefficient (Wildman–Crippen LogP) is 2.36. The van der Waals surface area contributed by atoms with Gasteiger partial charge in [0, 0.05) is 12.6 Å². The minimum atomic E-state index is -1.21. The van der Waals surface area contributed by atoms with Crippen molar-refractivity contribution in [3.8, 4) is 0 Å². The highest BCUT2D eigenvalue weighted by Gasteiger charge is 2.45. The molecule has 2 saturated heterocycles. The maximum atomic E-state index is 14.1. The van der Waals surface area contributed by atoms with Gasteiger partial charge in [0.25, 0.3) is 5.91 Å². The molecule has 1 aromatic rings. The first-order valence-corrected chi connectivity index (χ1v) is 7.10. The highest BCUT2D eigenvalue weighted by atomic mass is 32.1. The minimum Gasteiger partial charge on any atom is -0.336 e. The van der Waals surface area contributed by atoms with Gasteiger partial charge in [-0.2, -0.15) is 4.39 Å². The summed E-state index contributed by atoms with van der Waals surface area (Å²) in [5.74, 6) is -2.68. The van der Waals surface area contributed by atoms with Crippen molar-refractivity contribution in [2.24, 2.45) is 0 Å². The molecule has 116 valence electrons. The van der Waals surface area contributed by atoms with Crippen molar-refractivity contribution < 1.29 is 18.5 Å². The van der Waals surface area contributed by atoms with Crippen LogP contribution in [0.4, 0.5) is 20.2 Å². The Morgan fingerprint density at radius 2 is 2.00 bits per heavy atom. The van der Waals surface area contributed by atoms with Gasteiger partial charge in [-0.3, -0.25) is 19.8 Å². The van der Waals surface area contributed by atoms with Crippen molar-refractivity contribution in [3.63, 3.8) is 0 Å². The van der Waals surface area contributed by atoms with Gasteiger partial charge in [0.1, 0.15) is 6.04 Å². The Kier molecular flexibility index (Phi) is 3.51. The molecule has 0 N–H and O–H groups in total. The molecule has 3 rings (SSSR count). The SMILES string of the molecule is O=C1C2CCCCN2C(=S)N1c1cc(F)c([N+](=O)[O-])cc1F. The number of hydrogen-bond donors (Lipinski definition) is 0. The molecule has 0 bridgehead atoms. The minimum absolute atomic E-state index is 0.113. The lowest BCUT2D eigenvalue weighted by molar-refractivity contribution is -0.387. The molecule has 1 atom stereocenters. The van der Waals surface area contributed by atoms with Crippen molar-refractivity contribution in [2.75, 3.05) is 11.4 Å². The normalized spacial score (nSPS) is 21.3. The molecule has 2 aliphatic heterocycles. The first kappa shape index (κ1) is 14.8. The smallest absolute Gasteiger partial charge is 0.307 e. The fourth-order valence-electron chi connectivity index (χ4n) is 2.85. The number of nitrogens with zero attached hydrogens (tertiary/aromatic N) is 3. The molecule has 1 amide bonds. The van der Waals surface area contributed by atoms with Crippen molar-refractivity contribution in [3.05, 3.63) is 33.9 Å². The maximum absolute atomic E-state index is 14.1. The molecule has 2 aliphatic rings. The molecular weight excluding hydrogens is 316 g/mol. The van der Waals surface area contributed by atoms with E-state index in [-0.39, 0.29) is 10.8 Å². The number of fused-ring (bicyclic) bond motifs is 1. The summed E-state index contributed by atoms with van der Waals surface area (Å²) >= 11 is 5.19. The molecule has 0 aromatic heterocycles. The molecule has 6 nitrogen and oxygen atoms in total. The van der Waals surface area contributed by atoms with Crippen LogP contribution in [0.25, 0.3) is 0 Å². The summed E-state index contributed by atoms with van der Waals surface area (Å²) in [6, 6.07) is 0.660. The summed E-state index contributed by atoms with van der Waals surface area (Å²) in [5.41, 5.74) is -1.36. The van der Waals surface area contributed by atoms with Crippen molar-refractivity contribution in [2.45, 2.75) is 25.3 Å². The fourth-order valence-corrected chi connectivity index (χ4v) is 3.25. The molecular formula is C13H11F2N3O3S. The Hall–Kier alpha value is -2.16. The van der Waals surface area contributed by atoms with E-state index in [2.05, 4.69) is 0 Å². The van der Waals surface area contributed by atoms with Crippen LogP contribution in [0.3, 0.4) is 0 Å². The van der Waals surface area contributed by atoms with Crippen LogP contribution in [0.2, 0.25) is 0 Å². The third-order valence-electron chi connectivity index (χ3n) is 3.90. The van der Waals surface area contributed by atoms with E-state index in [9.17, 15) is 23.7 Å². The van der Waals surface area contributed by atoms with Gasteiger partial charge in [0.05, 0.1) is 16.7 Å². The zero-order chi connectivity index (χ0) is 16.0. The van der Waals surface area contributed by atoms with Crippen LogP contribution in [-0.4, -0.2) is 33.4 Å². The molecule has 0 saturated carbocycles. The van der Waals surface area contributed by atoms with E-state index >= 15 is 0 Å². The average Bonchev–Trinajstić information content (AvgIpc) is 2.73. The van der Waals surface area contributed by atoms with Crippen LogP contribution in [0.1, 0.15) is 19.3 Å². The van der Waals surface area contributed by atoms with Crippen LogP contribution in [0.5, 0.6) is 0 Å². The molecule has 1 unspecified atom stereocenters. The second kappa shape index (κ2) is 5.24. The summed E-state index contributed by atoms with van der Waals surface area (Å²) in [4.78, 5) is 24.6. The number of hydrogen-bond acceptors (Lipinski definition) is 4. The zero-order valence-corrected chi connectivity index (χ0v) is 12.1. The molecule has 22 heavy (non-hydrogen) atoms. The third kappa shape index (κ3) is 2.12. The van der Waals surface area contributed by atoms with E-state index in [0.29, 0.717) is 25.1 Å². The summed E-state index contributed by atoms with van der Waals surface area (Å²) in [5, 5.41) is 10.7. The van der Waals surface area contributed by atoms with Gasteiger partial charge in [-0.15, -0.1) is 0 Å². The molecule has 1 aromatic carbocycles. The Morgan fingerprint density at radius 3 is 2.64 bits per heavy atom. The second-order valence-corrected chi connectivity index (χ2v) is 5.54. The number of halogens is 2. The van der Waals surface area contributed by atoms with Crippen LogP contribution in [0.15, 0.2) is 12.1 Å². The van der Waals surface area contributed by atoms with Gasteiger partial charge in [-0.25, -0.2) is 4.39 Å². The number of anilines is 1. The van der Waals surface area contributed by atoms with Crippen LogP contribution >= 0.6 is 12.2 Å². The number of piperidine rings is 1. The maximum Gasteiger partial charge on any atom is 0.307 e. The highest BCUT2D eigenvalue weighted by molar-refractivity contribution is 7.80. The molecule has 2 heterocycles. The highest BCUT2D eigenvalue weighted by Crippen LogP contribution is 2.34. The molecule has 0 aliphatic carbocycles. The monoisotopic (exact) mass is 327 g/mol. The second-order valence-electron chi connectivity index (χ2n) is 5.17. The largest absolute Gasteiger partial charge is 0.336 e.